The number of anilines is 5. The van der Waals surface area contributed by atoms with E-state index in [0.717, 1.165) is 28.4 Å². The number of nitrogens with zero attached hydrogens (tertiary/aromatic N) is 2. The quantitative estimate of drug-likeness (QED) is 0.193. The summed E-state index contributed by atoms with van der Waals surface area (Å²) in [5, 5.41) is 2.61. The Labute approximate surface area is 267 Å². The maximum Gasteiger partial charge on any atom is 0.123 e. The Kier molecular flexibility index (Phi) is 6.33. The van der Waals surface area contributed by atoms with Crippen molar-refractivity contribution in [2.24, 2.45) is 0 Å². The van der Waals surface area contributed by atoms with Crippen molar-refractivity contribution in [3.05, 3.63) is 150 Å². The Morgan fingerprint density at radius 1 is 0.556 bits per heavy atom. The van der Waals surface area contributed by atoms with Gasteiger partial charge < -0.3 is 9.80 Å². The van der Waals surface area contributed by atoms with Gasteiger partial charge in [-0.2, -0.15) is 0 Å². The number of thiophene rings is 1. The average molecular weight is 605 g/mol. The van der Waals surface area contributed by atoms with Gasteiger partial charge in [0.05, 0.1) is 0 Å². The Bertz CT molecular complexity index is 2230. The average Bonchev–Trinajstić information content (AvgIpc) is 3.52. The molecular weight excluding hydrogens is 572 g/mol. The fraction of sp³-hybridized carbons (Fsp3) is 0.122. The lowest BCUT2D eigenvalue weighted by molar-refractivity contribution is 0.628. The zero-order chi connectivity index (χ0) is 30.9. The van der Waals surface area contributed by atoms with Gasteiger partial charge in [0.1, 0.15) is 5.82 Å². The summed E-state index contributed by atoms with van der Waals surface area (Å²) in [4.78, 5) is 4.50. The normalized spacial score (nSPS) is 13.2. The van der Waals surface area contributed by atoms with Gasteiger partial charge in [-0.15, -0.1) is 11.3 Å². The van der Waals surface area contributed by atoms with Crippen LogP contribution in [0.5, 0.6) is 0 Å². The van der Waals surface area contributed by atoms with E-state index < -0.39 is 0 Å². The third-order valence-corrected chi connectivity index (χ3v) is 10.5. The van der Waals surface area contributed by atoms with Gasteiger partial charge in [0, 0.05) is 61.1 Å². The molecule has 0 fully saturated rings. The van der Waals surface area contributed by atoms with E-state index in [-0.39, 0.29) is 11.2 Å². The van der Waals surface area contributed by atoms with Gasteiger partial charge in [0.2, 0.25) is 0 Å². The van der Waals surface area contributed by atoms with Crippen LogP contribution in [-0.2, 0) is 5.41 Å². The Morgan fingerprint density at radius 2 is 1.11 bits per heavy atom. The van der Waals surface area contributed by atoms with Crippen molar-refractivity contribution in [3.8, 4) is 11.1 Å². The Morgan fingerprint density at radius 3 is 1.82 bits per heavy atom. The van der Waals surface area contributed by atoms with Crippen molar-refractivity contribution >= 4 is 59.9 Å². The summed E-state index contributed by atoms with van der Waals surface area (Å²) in [5.41, 5.74) is 11.7. The molecule has 1 aromatic heterocycles. The lowest BCUT2D eigenvalue weighted by Crippen LogP contribution is -2.17. The van der Waals surface area contributed by atoms with Crippen molar-refractivity contribution in [2.75, 3.05) is 16.8 Å². The summed E-state index contributed by atoms with van der Waals surface area (Å²) in [7, 11) is 2.04. The first-order valence-electron chi connectivity index (χ1n) is 15.3. The highest BCUT2D eigenvalue weighted by atomic mass is 32.1. The van der Waals surface area contributed by atoms with Gasteiger partial charge >= 0.3 is 0 Å². The van der Waals surface area contributed by atoms with E-state index in [0.29, 0.717) is 0 Å². The fourth-order valence-corrected chi connectivity index (χ4v) is 7.98. The van der Waals surface area contributed by atoms with Gasteiger partial charge in [-0.05, 0) is 120 Å². The van der Waals surface area contributed by atoms with E-state index >= 15 is 0 Å². The number of hydrogen-bond acceptors (Lipinski definition) is 3. The molecule has 0 aliphatic heterocycles. The standard InChI is InChI=1S/C41H33FN2S/c1-26-10-20-39-35(22-26)36-23-31(17-21-40(36)45-39)44(29-8-6-5-7-9-29)32-16-19-34-33-18-15-30(24-37(33)41(2,3)38(34)25-32)43(4)28-13-11-27(42)12-14-28/h5-25H,1-4H3. The van der Waals surface area contributed by atoms with E-state index in [2.05, 4.69) is 134 Å². The van der Waals surface area contributed by atoms with E-state index in [1.807, 2.05) is 30.5 Å². The summed E-state index contributed by atoms with van der Waals surface area (Å²) in [6, 6.07) is 44.6. The molecule has 0 atom stereocenters. The highest BCUT2D eigenvalue weighted by Crippen LogP contribution is 2.52. The molecular formula is C41H33FN2S. The van der Waals surface area contributed by atoms with E-state index in [1.54, 1.807) is 0 Å². The van der Waals surface area contributed by atoms with Gasteiger partial charge in [-0.1, -0.05) is 55.8 Å². The molecule has 8 rings (SSSR count). The molecule has 0 N–H and O–H groups in total. The van der Waals surface area contributed by atoms with Crippen LogP contribution in [-0.4, -0.2) is 7.05 Å². The fourth-order valence-electron chi connectivity index (χ4n) is 6.92. The zero-order valence-electron chi connectivity index (χ0n) is 25.8. The molecule has 4 heteroatoms. The first-order chi connectivity index (χ1) is 21.8. The monoisotopic (exact) mass is 604 g/mol. The molecule has 0 saturated heterocycles. The van der Waals surface area contributed by atoms with Crippen molar-refractivity contribution in [1.29, 1.82) is 0 Å². The second-order valence-electron chi connectivity index (χ2n) is 12.6. The van der Waals surface area contributed by atoms with Crippen LogP contribution in [0.15, 0.2) is 127 Å². The number of para-hydroxylation sites is 1. The molecule has 45 heavy (non-hydrogen) atoms. The minimum Gasteiger partial charge on any atom is -0.345 e. The van der Waals surface area contributed by atoms with E-state index in [4.69, 9.17) is 0 Å². The number of rotatable bonds is 5. The molecule has 6 aromatic carbocycles. The number of benzene rings is 6. The topological polar surface area (TPSA) is 6.48 Å². The van der Waals surface area contributed by atoms with Crippen molar-refractivity contribution in [1.82, 2.24) is 0 Å². The van der Waals surface area contributed by atoms with Gasteiger partial charge in [0.25, 0.3) is 0 Å². The lowest BCUT2D eigenvalue weighted by Gasteiger charge is -2.28. The van der Waals surface area contributed by atoms with Crippen molar-refractivity contribution in [2.45, 2.75) is 26.2 Å². The molecule has 0 bridgehead atoms. The summed E-state index contributed by atoms with van der Waals surface area (Å²) in [6.07, 6.45) is 0. The van der Waals surface area contributed by atoms with Gasteiger partial charge in [0.15, 0.2) is 0 Å². The van der Waals surface area contributed by atoms with Crippen LogP contribution in [0.25, 0.3) is 31.3 Å². The number of aryl methyl sites for hydroxylation is 1. The second-order valence-corrected chi connectivity index (χ2v) is 13.7. The minimum atomic E-state index is -0.225. The van der Waals surface area contributed by atoms with Crippen LogP contribution in [0.3, 0.4) is 0 Å². The molecule has 0 unspecified atom stereocenters. The molecule has 1 aliphatic rings. The molecule has 0 saturated carbocycles. The molecule has 0 amide bonds. The van der Waals surface area contributed by atoms with Crippen molar-refractivity contribution < 1.29 is 4.39 Å². The summed E-state index contributed by atoms with van der Waals surface area (Å²) >= 11 is 1.85. The van der Waals surface area contributed by atoms with Gasteiger partial charge in [-0.25, -0.2) is 4.39 Å². The van der Waals surface area contributed by atoms with Crippen LogP contribution in [0.2, 0.25) is 0 Å². The van der Waals surface area contributed by atoms with E-state index in [9.17, 15) is 4.39 Å². The first kappa shape index (κ1) is 27.6. The molecule has 1 heterocycles. The van der Waals surface area contributed by atoms with Crippen LogP contribution in [0.1, 0.15) is 30.5 Å². The van der Waals surface area contributed by atoms with Gasteiger partial charge in [-0.3, -0.25) is 0 Å². The minimum absolute atomic E-state index is 0.201. The van der Waals surface area contributed by atoms with E-state index in [1.165, 1.54) is 60.1 Å². The number of halogens is 1. The smallest absolute Gasteiger partial charge is 0.123 e. The Hall–Kier alpha value is -4.93. The van der Waals surface area contributed by atoms with Crippen LogP contribution in [0.4, 0.5) is 32.8 Å². The Balaban J connectivity index is 1.24. The number of fused-ring (bicyclic) bond motifs is 6. The van der Waals surface area contributed by atoms with Crippen LogP contribution in [0, 0.1) is 12.7 Å². The maximum atomic E-state index is 13.6. The third kappa shape index (κ3) is 4.51. The lowest BCUT2D eigenvalue weighted by atomic mass is 9.82. The maximum absolute atomic E-state index is 13.6. The number of hydrogen-bond donors (Lipinski definition) is 0. The molecule has 220 valence electrons. The zero-order valence-corrected chi connectivity index (χ0v) is 26.6. The highest BCUT2D eigenvalue weighted by Gasteiger charge is 2.36. The second kappa shape index (κ2) is 10.3. The molecule has 7 aromatic rings. The molecule has 2 nitrogen and oxygen atoms in total. The molecule has 0 spiro atoms. The SMILES string of the molecule is Cc1ccc2sc3ccc(N(c4ccccc4)c4ccc5c(c4)C(C)(C)c4cc(N(C)c6ccc(F)cc6)ccc4-5)cc3c2c1. The molecule has 0 radical (unpaired) electrons. The highest BCUT2D eigenvalue weighted by molar-refractivity contribution is 7.25. The largest absolute Gasteiger partial charge is 0.345 e. The third-order valence-electron chi connectivity index (χ3n) is 9.38. The summed E-state index contributed by atoms with van der Waals surface area (Å²) < 4.78 is 16.2. The summed E-state index contributed by atoms with van der Waals surface area (Å²) in [6.45, 7) is 6.81. The van der Waals surface area contributed by atoms with Crippen LogP contribution < -0.4 is 9.80 Å². The molecule has 1 aliphatic carbocycles. The first-order valence-corrected chi connectivity index (χ1v) is 16.2. The predicted octanol–water partition coefficient (Wildman–Crippen LogP) is 12.0. The van der Waals surface area contributed by atoms with Crippen molar-refractivity contribution in [3.63, 3.8) is 0 Å². The van der Waals surface area contributed by atoms with Crippen LogP contribution >= 0.6 is 11.3 Å². The summed E-state index contributed by atoms with van der Waals surface area (Å²) in [5.74, 6) is -0.225. The predicted molar refractivity (Wildman–Crippen MR) is 191 cm³/mol.